The van der Waals surface area contributed by atoms with Gasteiger partial charge in [0.15, 0.2) is 0 Å². The van der Waals surface area contributed by atoms with E-state index < -0.39 is 0 Å². The molecule has 1 atom stereocenters. The van der Waals surface area contributed by atoms with Crippen LogP contribution in [0.5, 0.6) is 0 Å². The highest BCUT2D eigenvalue weighted by molar-refractivity contribution is 5.75. The summed E-state index contributed by atoms with van der Waals surface area (Å²) in [6.45, 7) is 10.7. The van der Waals surface area contributed by atoms with Crippen molar-refractivity contribution in [3.63, 3.8) is 0 Å². The molecule has 2 aromatic carbocycles. The number of aryl methyl sites for hydroxylation is 1. The molecule has 0 spiro atoms. The molecule has 2 aromatic rings. The maximum Gasteiger partial charge on any atom is 0.222 e. The van der Waals surface area contributed by atoms with Gasteiger partial charge in [0.05, 0.1) is 5.60 Å². The van der Waals surface area contributed by atoms with Gasteiger partial charge in [-0.25, -0.2) is 0 Å². The SMILES string of the molecule is CCC(=O)N(CC[C@]1(c2ccc(C)cc2)CCOC(C)(C)C1)Cc1ccccc1. The average molecular weight is 394 g/mol. The number of nitrogens with zero attached hydrogens (tertiary/aromatic N) is 1. The molecule has 1 aliphatic rings. The molecule has 1 saturated heterocycles. The monoisotopic (exact) mass is 393 g/mol. The fourth-order valence-electron chi connectivity index (χ4n) is 4.66. The number of amides is 1. The Hall–Kier alpha value is -2.13. The van der Waals surface area contributed by atoms with Gasteiger partial charge in [-0.05, 0) is 51.2 Å². The third-order valence-electron chi connectivity index (χ3n) is 6.23. The van der Waals surface area contributed by atoms with Gasteiger partial charge in [0.25, 0.3) is 0 Å². The van der Waals surface area contributed by atoms with Crippen molar-refractivity contribution in [2.45, 2.75) is 70.9 Å². The number of hydrogen-bond acceptors (Lipinski definition) is 2. The minimum atomic E-state index is -0.151. The third kappa shape index (κ3) is 5.48. The van der Waals surface area contributed by atoms with E-state index in [-0.39, 0.29) is 16.9 Å². The summed E-state index contributed by atoms with van der Waals surface area (Å²) in [7, 11) is 0. The van der Waals surface area contributed by atoms with Crippen LogP contribution >= 0.6 is 0 Å². The molecule has 0 radical (unpaired) electrons. The van der Waals surface area contributed by atoms with Crippen LogP contribution in [0.4, 0.5) is 0 Å². The largest absolute Gasteiger partial charge is 0.376 e. The standard InChI is InChI=1S/C26H35NO2/c1-5-24(28)27(19-22-9-7-6-8-10-22)17-15-26(16-18-29-25(3,4)20-26)23-13-11-21(2)12-14-23/h6-14H,5,15-20H2,1-4H3/t26-/m0/s1. The van der Waals surface area contributed by atoms with Crippen LogP contribution in [0.25, 0.3) is 0 Å². The first-order chi connectivity index (χ1) is 13.8. The summed E-state index contributed by atoms with van der Waals surface area (Å²) in [4.78, 5) is 14.7. The Morgan fingerprint density at radius 1 is 1.07 bits per heavy atom. The van der Waals surface area contributed by atoms with E-state index in [2.05, 4.69) is 57.2 Å². The highest BCUT2D eigenvalue weighted by Crippen LogP contribution is 2.44. The number of rotatable bonds is 7. The summed E-state index contributed by atoms with van der Waals surface area (Å²) in [5.74, 6) is 0.222. The van der Waals surface area contributed by atoms with E-state index in [4.69, 9.17) is 4.74 Å². The zero-order valence-corrected chi connectivity index (χ0v) is 18.4. The van der Waals surface area contributed by atoms with Crippen molar-refractivity contribution in [1.29, 1.82) is 0 Å². The lowest BCUT2D eigenvalue weighted by Crippen LogP contribution is -2.46. The highest BCUT2D eigenvalue weighted by Gasteiger charge is 2.42. The Labute approximate surface area is 176 Å². The van der Waals surface area contributed by atoms with E-state index in [0.29, 0.717) is 13.0 Å². The van der Waals surface area contributed by atoms with Crippen molar-refractivity contribution in [2.75, 3.05) is 13.2 Å². The number of hydrogen-bond donors (Lipinski definition) is 0. The lowest BCUT2D eigenvalue weighted by atomic mass is 9.67. The molecule has 3 rings (SSSR count). The van der Waals surface area contributed by atoms with Crippen molar-refractivity contribution >= 4 is 5.91 Å². The van der Waals surface area contributed by atoms with Crippen molar-refractivity contribution in [3.05, 3.63) is 71.3 Å². The molecule has 0 N–H and O–H groups in total. The van der Waals surface area contributed by atoms with Crippen LogP contribution in [0, 0.1) is 6.92 Å². The smallest absolute Gasteiger partial charge is 0.222 e. The Balaban J connectivity index is 1.84. The van der Waals surface area contributed by atoms with Crippen LogP contribution in [0.15, 0.2) is 54.6 Å². The summed E-state index contributed by atoms with van der Waals surface area (Å²) in [5, 5.41) is 0. The van der Waals surface area contributed by atoms with E-state index >= 15 is 0 Å². The molecule has 1 amide bonds. The number of carbonyl (C=O) groups excluding carboxylic acids is 1. The molecule has 0 unspecified atom stereocenters. The van der Waals surface area contributed by atoms with E-state index in [1.807, 2.05) is 30.0 Å². The molecule has 1 fully saturated rings. The molecule has 156 valence electrons. The van der Waals surface area contributed by atoms with E-state index in [9.17, 15) is 4.79 Å². The zero-order valence-electron chi connectivity index (χ0n) is 18.4. The van der Waals surface area contributed by atoms with Gasteiger partial charge in [-0.1, -0.05) is 67.1 Å². The molecule has 29 heavy (non-hydrogen) atoms. The van der Waals surface area contributed by atoms with Gasteiger partial charge < -0.3 is 9.64 Å². The van der Waals surface area contributed by atoms with Gasteiger partial charge in [-0.15, -0.1) is 0 Å². The average Bonchev–Trinajstić information content (AvgIpc) is 2.71. The van der Waals surface area contributed by atoms with Gasteiger partial charge in [-0.3, -0.25) is 4.79 Å². The fourth-order valence-corrected chi connectivity index (χ4v) is 4.66. The second kappa shape index (κ2) is 9.13. The Morgan fingerprint density at radius 3 is 2.38 bits per heavy atom. The second-order valence-electron chi connectivity index (χ2n) is 9.09. The molecule has 0 aliphatic carbocycles. The number of benzene rings is 2. The highest BCUT2D eigenvalue weighted by atomic mass is 16.5. The minimum Gasteiger partial charge on any atom is -0.376 e. The first-order valence-corrected chi connectivity index (χ1v) is 10.9. The van der Waals surface area contributed by atoms with Gasteiger partial charge in [0, 0.05) is 31.5 Å². The molecular formula is C26H35NO2. The maximum absolute atomic E-state index is 12.7. The van der Waals surface area contributed by atoms with Crippen LogP contribution in [-0.4, -0.2) is 29.6 Å². The van der Waals surface area contributed by atoms with Crippen molar-refractivity contribution in [2.24, 2.45) is 0 Å². The molecular weight excluding hydrogens is 358 g/mol. The first kappa shape index (κ1) is 21.6. The molecule has 3 nitrogen and oxygen atoms in total. The van der Waals surface area contributed by atoms with Crippen LogP contribution in [0.3, 0.4) is 0 Å². The lowest BCUT2D eigenvalue weighted by molar-refractivity contribution is -0.132. The predicted octanol–water partition coefficient (Wildman–Crippen LogP) is 5.65. The molecule has 3 heteroatoms. The van der Waals surface area contributed by atoms with Crippen molar-refractivity contribution in [3.8, 4) is 0 Å². The molecule has 1 heterocycles. The first-order valence-electron chi connectivity index (χ1n) is 10.9. The van der Waals surface area contributed by atoms with Crippen molar-refractivity contribution < 1.29 is 9.53 Å². The number of ether oxygens (including phenoxy) is 1. The topological polar surface area (TPSA) is 29.5 Å². The normalized spacial score (nSPS) is 21.0. The quantitative estimate of drug-likeness (QED) is 0.608. The predicted molar refractivity (Wildman–Crippen MR) is 119 cm³/mol. The zero-order chi connectivity index (χ0) is 20.9. The Morgan fingerprint density at radius 2 is 1.76 bits per heavy atom. The lowest BCUT2D eigenvalue weighted by Gasteiger charge is -2.46. The van der Waals surface area contributed by atoms with Crippen LogP contribution < -0.4 is 0 Å². The maximum atomic E-state index is 12.7. The van der Waals surface area contributed by atoms with E-state index in [0.717, 1.165) is 32.4 Å². The van der Waals surface area contributed by atoms with Crippen LogP contribution in [0.1, 0.15) is 63.1 Å². The van der Waals surface area contributed by atoms with Gasteiger partial charge in [0.1, 0.15) is 0 Å². The minimum absolute atomic E-state index is 0.0401. The molecule has 0 bridgehead atoms. The van der Waals surface area contributed by atoms with E-state index in [1.165, 1.54) is 16.7 Å². The van der Waals surface area contributed by atoms with Gasteiger partial charge >= 0.3 is 0 Å². The molecule has 1 aliphatic heterocycles. The second-order valence-corrected chi connectivity index (χ2v) is 9.09. The summed E-state index contributed by atoms with van der Waals surface area (Å²) in [5.41, 5.74) is 3.73. The third-order valence-corrected chi connectivity index (χ3v) is 6.23. The summed E-state index contributed by atoms with van der Waals surface area (Å²) >= 11 is 0. The summed E-state index contributed by atoms with van der Waals surface area (Å²) in [6.07, 6.45) is 3.47. The molecule has 0 saturated carbocycles. The molecule has 0 aromatic heterocycles. The Bertz CT molecular complexity index is 797. The van der Waals surface area contributed by atoms with Crippen LogP contribution in [0.2, 0.25) is 0 Å². The summed E-state index contributed by atoms with van der Waals surface area (Å²) in [6, 6.07) is 19.3. The van der Waals surface area contributed by atoms with E-state index in [1.54, 1.807) is 0 Å². The van der Waals surface area contributed by atoms with Gasteiger partial charge in [-0.2, -0.15) is 0 Å². The number of carbonyl (C=O) groups is 1. The van der Waals surface area contributed by atoms with Gasteiger partial charge in [0.2, 0.25) is 5.91 Å². The van der Waals surface area contributed by atoms with Crippen LogP contribution in [-0.2, 0) is 21.5 Å². The van der Waals surface area contributed by atoms with Crippen molar-refractivity contribution in [1.82, 2.24) is 4.90 Å². The fraction of sp³-hybridized carbons (Fsp3) is 0.500. The Kier molecular flexibility index (Phi) is 6.79. The summed E-state index contributed by atoms with van der Waals surface area (Å²) < 4.78 is 6.06.